The first kappa shape index (κ1) is 28.0. The Bertz CT molecular complexity index is 1120. The van der Waals surface area contributed by atoms with Crippen LogP contribution >= 0.6 is 0 Å². The van der Waals surface area contributed by atoms with Gasteiger partial charge in [0.25, 0.3) is 0 Å². The number of aliphatic imine (C=N–C) groups is 1. The van der Waals surface area contributed by atoms with Gasteiger partial charge in [-0.3, -0.25) is 14.5 Å². The van der Waals surface area contributed by atoms with Gasteiger partial charge < -0.3 is 25.3 Å². The minimum absolute atomic E-state index is 0.135. The average Bonchev–Trinajstić information content (AvgIpc) is 3.54. The molecule has 0 saturated heterocycles. The smallest absolute Gasteiger partial charge is 0.487 e. The van der Waals surface area contributed by atoms with E-state index in [2.05, 4.69) is 15.0 Å². The van der Waals surface area contributed by atoms with E-state index in [-0.39, 0.29) is 41.9 Å². The van der Waals surface area contributed by atoms with Crippen LogP contribution in [0.3, 0.4) is 0 Å². The molecule has 0 bridgehead atoms. The van der Waals surface area contributed by atoms with Crippen LogP contribution in [0.25, 0.3) is 0 Å². The topological polar surface area (TPSA) is 115 Å². The predicted molar refractivity (Wildman–Crippen MR) is 132 cm³/mol. The zero-order valence-corrected chi connectivity index (χ0v) is 22.2. The maximum atomic E-state index is 13.4. The number of nitrogens with two attached hydrogens (primary N) is 1. The SMILES string of the molecule is COCC[C@H]([C@H]1CC1C(=O)N[C@H]1CC(C)(C)Oc2ccc(OC(F)(F)F)cc21)N1C(=O)CC(C)(C)N=C1N. The van der Waals surface area contributed by atoms with Gasteiger partial charge in [0.2, 0.25) is 11.8 Å². The number of hydrogen-bond donors (Lipinski definition) is 2. The number of rotatable bonds is 8. The number of methoxy groups -OCH3 is 1. The second-order valence-corrected chi connectivity index (χ2v) is 11.5. The van der Waals surface area contributed by atoms with E-state index in [0.29, 0.717) is 37.2 Å². The number of halogens is 3. The molecule has 1 aromatic carbocycles. The summed E-state index contributed by atoms with van der Waals surface area (Å²) in [5.41, 5.74) is 5.37. The van der Waals surface area contributed by atoms with E-state index < -0.39 is 29.5 Å². The van der Waals surface area contributed by atoms with Crippen LogP contribution in [-0.4, -0.2) is 59.9 Å². The molecule has 1 aliphatic carbocycles. The standard InChI is InChI=1S/C26H35F3N4O5/c1-24(2)13-21(34)33(23(30)32-24)19(8-9-36-5)15-11-16(15)22(35)31-18-12-25(3,4)38-20-7-6-14(10-17(18)20)37-26(27,28)29/h6-7,10,15-16,18-19H,8-9,11-13H2,1-5H3,(H2,30,32)(H,31,35)/t15-,16?,18-,19+/m0/s1. The van der Waals surface area contributed by atoms with Crippen LogP contribution in [0.5, 0.6) is 11.5 Å². The van der Waals surface area contributed by atoms with Crippen molar-refractivity contribution in [1.82, 2.24) is 10.2 Å². The number of hydrogen-bond acceptors (Lipinski definition) is 7. The Hall–Kier alpha value is -3.02. The van der Waals surface area contributed by atoms with Gasteiger partial charge >= 0.3 is 6.36 Å². The number of carbonyl (C=O) groups excluding carboxylic acids is 2. The Balaban J connectivity index is 1.52. The van der Waals surface area contributed by atoms with Gasteiger partial charge in [-0.15, -0.1) is 13.2 Å². The summed E-state index contributed by atoms with van der Waals surface area (Å²) in [6.07, 6.45) is -3.26. The van der Waals surface area contributed by atoms with Crippen LogP contribution in [0.1, 0.15) is 65.0 Å². The van der Waals surface area contributed by atoms with Crippen LogP contribution in [0, 0.1) is 11.8 Å². The highest BCUT2D eigenvalue weighted by molar-refractivity contribution is 5.99. The summed E-state index contributed by atoms with van der Waals surface area (Å²) >= 11 is 0. The average molecular weight is 541 g/mol. The van der Waals surface area contributed by atoms with Crippen molar-refractivity contribution in [2.45, 2.75) is 83.0 Å². The van der Waals surface area contributed by atoms with E-state index in [0.717, 1.165) is 0 Å². The van der Waals surface area contributed by atoms with Crippen molar-refractivity contribution >= 4 is 17.8 Å². The van der Waals surface area contributed by atoms with Crippen molar-refractivity contribution in [2.24, 2.45) is 22.6 Å². The number of ether oxygens (including phenoxy) is 3. The second-order valence-electron chi connectivity index (χ2n) is 11.5. The fourth-order valence-electron chi connectivity index (χ4n) is 5.49. The Morgan fingerprint density at radius 1 is 1.32 bits per heavy atom. The van der Waals surface area contributed by atoms with Gasteiger partial charge in [0, 0.05) is 37.7 Å². The highest BCUT2D eigenvalue weighted by Gasteiger charge is 2.52. The van der Waals surface area contributed by atoms with E-state index >= 15 is 0 Å². The minimum atomic E-state index is -4.84. The molecular weight excluding hydrogens is 505 g/mol. The molecule has 1 unspecified atom stereocenters. The Morgan fingerprint density at radius 3 is 2.66 bits per heavy atom. The molecule has 9 nitrogen and oxygen atoms in total. The molecule has 0 radical (unpaired) electrons. The van der Waals surface area contributed by atoms with Crippen molar-refractivity contribution in [2.75, 3.05) is 13.7 Å². The molecule has 3 N–H and O–H groups in total. The molecule has 0 spiro atoms. The molecule has 2 heterocycles. The van der Waals surface area contributed by atoms with Crippen molar-refractivity contribution < 1.29 is 37.0 Å². The Labute approximate surface area is 219 Å². The Morgan fingerprint density at radius 2 is 2.03 bits per heavy atom. The molecule has 2 amide bonds. The highest BCUT2D eigenvalue weighted by Crippen LogP contribution is 2.47. The molecule has 0 aromatic heterocycles. The first-order valence-electron chi connectivity index (χ1n) is 12.6. The zero-order chi connectivity index (χ0) is 28.0. The molecule has 1 aromatic rings. The number of carbonyl (C=O) groups is 2. The van der Waals surface area contributed by atoms with Crippen LogP contribution < -0.4 is 20.5 Å². The quantitative estimate of drug-likeness (QED) is 0.520. The van der Waals surface area contributed by atoms with Crippen molar-refractivity contribution in [3.8, 4) is 11.5 Å². The monoisotopic (exact) mass is 540 g/mol. The molecule has 1 fully saturated rings. The van der Waals surface area contributed by atoms with Crippen LogP contribution in [-0.2, 0) is 14.3 Å². The maximum absolute atomic E-state index is 13.4. The lowest BCUT2D eigenvalue weighted by atomic mass is 9.89. The molecule has 12 heteroatoms. The summed E-state index contributed by atoms with van der Waals surface area (Å²) in [6, 6.07) is 2.92. The number of nitrogens with zero attached hydrogens (tertiary/aromatic N) is 2. The first-order chi connectivity index (χ1) is 17.6. The third-order valence-electron chi connectivity index (χ3n) is 7.13. The summed E-state index contributed by atoms with van der Waals surface area (Å²) in [5, 5.41) is 3.01. The van der Waals surface area contributed by atoms with Crippen LogP contribution in [0.4, 0.5) is 13.2 Å². The Kier molecular flexibility index (Phi) is 7.32. The van der Waals surface area contributed by atoms with E-state index in [1.165, 1.54) is 23.1 Å². The molecular formula is C26H35F3N4O5. The molecule has 38 heavy (non-hydrogen) atoms. The van der Waals surface area contributed by atoms with Crippen molar-refractivity contribution in [3.05, 3.63) is 23.8 Å². The molecule has 4 rings (SSSR count). The summed E-state index contributed by atoms with van der Waals surface area (Å²) in [6.45, 7) is 7.75. The summed E-state index contributed by atoms with van der Waals surface area (Å²) in [4.78, 5) is 32.4. The number of amides is 2. The maximum Gasteiger partial charge on any atom is 0.573 e. The zero-order valence-electron chi connectivity index (χ0n) is 22.2. The van der Waals surface area contributed by atoms with Gasteiger partial charge in [0.05, 0.1) is 18.0 Å². The van der Waals surface area contributed by atoms with Crippen LogP contribution in [0.15, 0.2) is 23.2 Å². The minimum Gasteiger partial charge on any atom is -0.487 e. The van der Waals surface area contributed by atoms with Gasteiger partial charge in [0.15, 0.2) is 5.96 Å². The molecule has 4 atom stereocenters. The van der Waals surface area contributed by atoms with Gasteiger partial charge in [-0.2, -0.15) is 0 Å². The van der Waals surface area contributed by atoms with Gasteiger partial charge in [-0.1, -0.05) is 0 Å². The fourth-order valence-corrected chi connectivity index (χ4v) is 5.49. The van der Waals surface area contributed by atoms with Gasteiger partial charge in [-0.25, -0.2) is 4.99 Å². The van der Waals surface area contributed by atoms with Crippen molar-refractivity contribution in [3.63, 3.8) is 0 Å². The molecule has 1 saturated carbocycles. The molecule has 2 aliphatic heterocycles. The number of alkyl halides is 3. The van der Waals surface area contributed by atoms with E-state index in [1.807, 2.05) is 27.7 Å². The largest absolute Gasteiger partial charge is 0.573 e. The summed E-state index contributed by atoms with van der Waals surface area (Å²) < 4.78 is 53.7. The number of fused-ring (bicyclic) bond motifs is 1. The van der Waals surface area contributed by atoms with Crippen molar-refractivity contribution in [1.29, 1.82) is 0 Å². The normalized spacial score (nSPS) is 26.5. The fraction of sp³-hybridized carbons (Fsp3) is 0.654. The number of guanidine groups is 1. The lowest BCUT2D eigenvalue weighted by molar-refractivity contribution is -0.274. The highest BCUT2D eigenvalue weighted by atomic mass is 19.4. The van der Waals surface area contributed by atoms with Crippen LogP contribution in [0.2, 0.25) is 0 Å². The van der Waals surface area contributed by atoms with Gasteiger partial charge in [0.1, 0.15) is 17.1 Å². The predicted octanol–water partition coefficient (Wildman–Crippen LogP) is 3.67. The van der Waals surface area contributed by atoms with E-state index in [1.54, 1.807) is 7.11 Å². The van der Waals surface area contributed by atoms with E-state index in [9.17, 15) is 22.8 Å². The lowest BCUT2D eigenvalue weighted by Gasteiger charge is -2.38. The molecule has 210 valence electrons. The third-order valence-corrected chi connectivity index (χ3v) is 7.13. The van der Waals surface area contributed by atoms with E-state index in [4.69, 9.17) is 15.2 Å². The summed E-state index contributed by atoms with van der Waals surface area (Å²) in [7, 11) is 1.56. The number of benzene rings is 1. The summed E-state index contributed by atoms with van der Waals surface area (Å²) in [5.74, 6) is -0.801. The van der Waals surface area contributed by atoms with Gasteiger partial charge in [-0.05, 0) is 64.7 Å². The lowest BCUT2D eigenvalue weighted by Crippen LogP contribution is -2.55. The number of nitrogens with one attached hydrogen (secondary N) is 1. The second kappa shape index (κ2) is 9.94. The molecule has 3 aliphatic rings. The first-order valence-corrected chi connectivity index (χ1v) is 12.6. The third kappa shape index (κ3) is 6.33.